The van der Waals surface area contributed by atoms with Crippen LogP contribution in [0.3, 0.4) is 0 Å². The number of hydrogen-bond donors (Lipinski definition) is 1. The Morgan fingerprint density at radius 3 is 2.76 bits per heavy atom. The summed E-state index contributed by atoms with van der Waals surface area (Å²) in [5, 5.41) is 5.94. The first kappa shape index (κ1) is 16.2. The minimum absolute atomic E-state index is 0.301. The second-order valence-electron chi connectivity index (χ2n) is 5.18. The van der Waals surface area contributed by atoms with Crippen LogP contribution in [0.2, 0.25) is 0 Å². The molecular weight excluding hydrogens is 278 g/mol. The van der Waals surface area contributed by atoms with Crippen LogP contribution in [0, 0.1) is 0 Å². The maximum Gasteiger partial charge on any atom is 0.131 e. The van der Waals surface area contributed by atoms with Crippen LogP contribution in [0.25, 0.3) is 10.8 Å². The topological polar surface area (TPSA) is 21.3 Å². The number of hydrogen-bond acceptors (Lipinski definition) is 3. The summed E-state index contributed by atoms with van der Waals surface area (Å²) in [6.45, 7) is 6.07. The number of nitrogens with one attached hydrogen (secondary N) is 1. The molecule has 2 aromatic carbocycles. The van der Waals surface area contributed by atoms with Crippen LogP contribution >= 0.6 is 11.8 Å². The molecule has 0 saturated heterocycles. The maximum absolute atomic E-state index is 6.17. The van der Waals surface area contributed by atoms with E-state index in [0.717, 1.165) is 31.1 Å². The van der Waals surface area contributed by atoms with E-state index >= 15 is 0 Å². The van der Waals surface area contributed by atoms with Gasteiger partial charge in [-0.1, -0.05) is 43.3 Å². The quantitative estimate of drug-likeness (QED) is 0.718. The lowest BCUT2D eigenvalue weighted by Gasteiger charge is -2.19. The number of ether oxygens (including phenoxy) is 1. The Morgan fingerprint density at radius 1 is 1.19 bits per heavy atom. The van der Waals surface area contributed by atoms with Crippen LogP contribution in [0.1, 0.15) is 31.9 Å². The lowest BCUT2D eigenvalue weighted by Crippen LogP contribution is -2.18. The molecule has 0 spiro atoms. The molecule has 0 heterocycles. The average Bonchev–Trinajstić information content (AvgIpc) is 2.51. The van der Waals surface area contributed by atoms with Gasteiger partial charge >= 0.3 is 0 Å². The fourth-order valence-corrected chi connectivity index (χ4v) is 2.96. The molecule has 0 bridgehead atoms. The zero-order chi connectivity index (χ0) is 15.1. The summed E-state index contributed by atoms with van der Waals surface area (Å²) in [4.78, 5) is 0. The van der Waals surface area contributed by atoms with Gasteiger partial charge in [0.2, 0.25) is 0 Å². The van der Waals surface area contributed by atoms with E-state index in [1.807, 2.05) is 11.8 Å². The smallest absolute Gasteiger partial charge is 0.131 e. The first-order valence-electron chi connectivity index (χ1n) is 7.64. The Kier molecular flexibility index (Phi) is 6.40. The summed E-state index contributed by atoms with van der Waals surface area (Å²) in [6, 6.07) is 13.1. The third-order valence-corrected chi connectivity index (χ3v) is 4.32. The first-order valence-corrected chi connectivity index (χ1v) is 9.04. The second-order valence-corrected chi connectivity index (χ2v) is 6.16. The van der Waals surface area contributed by atoms with E-state index in [2.05, 4.69) is 61.8 Å². The summed E-state index contributed by atoms with van der Waals surface area (Å²) in [5.41, 5.74) is 1.25. The van der Waals surface area contributed by atoms with Crippen molar-refractivity contribution in [2.24, 2.45) is 0 Å². The number of thioether (sulfide) groups is 1. The summed E-state index contributed by atoms with van der Waals surface area (Å²) in [7, 11) is 0. The highest BCUT2D eigenvalue weighted by atomic mass is 32.2. The van der Waals surface area contributed by atoms with Crippen molar-refractivity contribution >= 4 is 22.5 Å². The zero-order valence-electron chi connectivity index (χ0n) is 13.2. The van der Waals surface area contributed by atoms with Crippen molar-refractivity contribution in [2.45, 2.75) is 26.3 Å². The molecule has 1 atom stereocenters. The van der Waals surface area contributed by atoms with Crippen LogP contribution in [-0.2, 0) is 0 Å². The van der Waals surface area contributed by atoms with Crippen molar-refractivity contribution in [3.05, 3.63) is 42.0 Å². The van der Waals surface area contributed by atoms with Gasteiger partial charge in [0, 0.05) is 17.0 Å². The highest BCUT2D eigenvalue weighted by molar-refractivity contribution is 7.98. The molecule has 0 fully saturated rings. The van der Waals surface area contributed by atoms with Gasteiger partial charge in [-0.25, -0.2) is 0 Å². The summed E-state index contributed by atoms with van der Waals surface area (Å²) in [5.74, 6) is 2.19. The molecule has 0 aliphatic heterocycles. The maximum atomic E-state index is 6.17. The van der Waals surface area contributed by atoms with Gasteiger partial charge in [-0.05, 0) is 37.3 Å². The van der Waals surface area contributed by atoms with Crippen LogP contribution in [0.4, 0.5) is 0 Å². The first-order chi connectivity index (χ1) is 10.3. The lowest BCUT2D eigenvalue weighted by molar-refractivity contribution is 0.316. The van der Waals surface area contributed by atoms with Gasteiger partial charge in [0.15, 0.2) is 0 Å². The summed E-state index contributed by atoms with van der Waals surface area (Å²) in [6.07, 6.45) is 3.22. The number of rotatable bonds is 8. The van der Waals surface area contributed by atoms with E-state index in [1.54, 1.807) is 0 Å². The van der Waals surface area contributed by atoms with Gasteiger partial charge in [-0.15, -0.1) is 0 Å². The van der Waals surface area contributed by atoms with Gasteiger partial charge in [0.1, 0.15) is 5.75 Å². The van der Waals surface area contributed by atoms with Crippen LogP contribution in [0.5, 0.6) is 5.75 Å². The fourth-order valence-electron chi connectivity index (χ4n) is 2.56. The molecule has 114 valence electrons. The Bertz CT molecular complexity index is 570. The van der Waals surface area contributed by atoms with Crippen molar-refractivity contribution in [1.29, 1.82) is 0 Å². The minimum Gasteiger partial charge on any atom is -0.493 e. The molecule has 2 nitrogen and oxygen atoms in total. The molecule has 2 rings (SSSR count). The second kappa shape index (κ2) is 8.30. The lowest BCUT2D eigenvalue weighted by atomic mass is 10.0. The van der Waals surface area contributed by atoms with Crippen molar-refractivity contribution in [3.63, 3.8) is 0 Å². The van der Waals surface area contributed by atoms with Gasteiger partial charge in [-0.3, -0.25) is 0 Å². The van der Waals surface area contributed by atoms with Gasteiger partial charge in [-0.2, -0.15) is 11.8 Å². The Labute approximate surface area is 132 Å². The number of benzene rings is 2. The van der Waals surface area contributed by atoms with Crippen LogP contribution < -0.4 is 10.1 Å². The van der Waals surface area contributed by atoms with Gasteiger partial charge in [0.05, 0.1) is 6.61 Å². The SMILES string of the molecule is CCNC(C)c1ccc2ccccc2c1OCCCSC. The Balaban J connectivity index is 2.32. The monoisotopic (exact) mass is 303 g/mol. The van der Waals surface area contributed by atoms with Gasteiger partial charge < -0.3 is 10.1 Å². The van der Waals surface area contributed by atoms with Crippen molar-refractivity contribution in [1.82, 2.24) is 5.32 Å². The molecule has 0 aromatic heterocycles. The highest BCUT2D eigenvalue weighted by Gasteiger charge is 2.14. The van der Waals surface area contributed by atoms with E-state index in [4.69, 9.17) is 4.74 Å². The predicted molar refractivity (Wildman–Crippen MR) is 94.5 cm³/mol. The highest BCUT2D eigenvalue weighted by Crippen LogP contribution is 2.33. The van der Waals surface area contributed by atoms with E-state index in [9.17, 15) is 0 Å². The van der Waals surface area contributed by atoms with Gasteiger partial charge in [0.25, 0.3) is 0 Å². The van der Waals surface area contributed by atoms with Crippen molar-refractivity contribution in [3.8, 4) is 5.75 Å². The van der Waals surface area contributed by atoms with E-state index in [-0.39, 0.29) is 0 Å². The van der Waals surface area contributed by atoms with E-state index in [1.165, 1.54) is 16.3 Å². The fraction of sp³-hybridized carbons (Fsp3) is 0.444. The van der Waals surface area contributed by atoms with E-state index in [0.29, 0.717) is 6.04 Å². The molecule has 2 aromatic rings. The molecule has 0 aliphatic carbocycles. The molecule has 0 radical (unpaired) electrons. The van der Waals surface area contributed by atoms with E-state index < -0.39 is 0 Å². The molecule has 21 heavy (non-hydrogen) atoms. The van der Waals surface area contributed by atoms with Crippen LogP contribution in [-0.4, -0.2) is 25.2 Å². The van der Waals surface area contributed by atoms with Crippen molar-refractivity contribution in [2.75, 3.05) is 25.2 Å². The van der Waals surface area contributed by atoms with Crippen LogP contribution in [0.15, 0.2) is 36.4 Å². The largest absolute Gasteiger partial charge is 0.493 e. The molecule has 0 saturated carbocycles. The molecule has 1 N–H and O–H groups in total. The molecule has 1 unspecified atom stereocenters. The summed E-state index contributed by atoms with van der Waals surface area (Å²) >= 11 is 1.87. The minimum atomic E-state index is 0.301. The van der Waals surface area contributed by atoms with Crippen molar-refractivity contribution < 1.29 is 4.74 Å². The third-order valence-electron chi connectivity index (χ3n) is 3.63. The molecular formula is C18H25NOS. The average molecular weight is 303 g/mol. The Morgan fingerprint density at radius 2 is 2.00 bits per heavy atom. The summed E-state index contributed by atoms with van der Waals surface area (Å²) < 4.78 is 6.17. The number of fused-ring (bicyclic) bond motifs is 1. The molecule has 0 amide bonds. The Hall–Kier alpha value is -1.19. The normalized spacial score (nSPS) is 12.5. The standard InChI is InChI=1S/C18H25NOS/c1-4-19-14(2)16-11-10-15-8-5-6-9-17(15)18(16)20-12-7-13-21-3/h5-6,8-11,14,19H,4,7,12-13H2,1-3H3. The zero-order valence-corrected chi connectivity index (χ0v) is 14.0. The molecule has 0 aliphatic rings. The predicted octanol–water partition coefficient (Wildman–Crippen LogP) is 4.64. The third kappa shape index (κ3) is 4.14. The molecule has 3 heteroatoms.